The molecule has 0 amide bonds. The second-order valence-corrected chi connectivity index (χ2v) is 6.89. The first-order valence-corrected chi connectivity index (χ1v) is 9.11. The molecule has 0 bridgehead atoms. The molecule has 1 heterocycles. The Morgan fingerprint density at radius 1 is 1.14 bits per heavy atom. The molecular weight excluding hydrogens is 371 g/mol. The molecule has 2 unspecified atom stereocenters. The van der Waals surface area contributed by atoms with E-state index in [9.17, 15) is 23.1 Å². The van der Waals surface area contributed by atoms with E-state index in [1.54, 1.807) is 35.2 Å². The van der Waals surface area contributed by atoms with Crippen molar-refractivity contribution >= 4 is 5.97 Å². The van der Waals surface area contributed by atoms with Gasteiger partial charge in [-0.1, -0.05) is 30.7 Å². The number of rotatable bonds is 5. The van der Waals surface area contributed by atoms with E-state index in [2.05, 4.69) is 0 Å². The Hall–Kier alpha value is -2.54. The maximum absolute atomic E-state index is 13.3. The lowest BCUT2D eigenvalue weighted by atomic mass is 9.91. The molecule has 0 spiro atoms. The third-order valence-corrected chi connectivity index (χ3v) is 5.10. The van der Waals surface area contributed by atoms with Gasteiger partial charge < -0.3 is 9.84 Å². The maximum atomic E-state index is 13.3. The summed E-state index contributed by atoms with van der Waals surface area (Å²) in [6, 6.07) is 10.8. The molecule has 0 radical (unpaired) electrons. The number of halogens is 3. The van der Waals surface area contributed by atoms with Crippen molar-refractivity contribution in [2.45, 2.75) is 37.5 Å². The largest absolute Gasteiger partial charge is 0.497 e. The molecule has 7 heteroatoms. The number of methoxy groups -OCH3 is 1. The smallest absolute Gasteiger partial charge is 0.416 e. The highest BCUT2D eigenvalue weighted by atomic mass is 19.4. The number of likely N-dealkylation sites (tertiary alicyclic amines) is 1. The van der Waals surface area contributed by atoms with Crippen molar-refractivity contribution in [1.29, 1.82) is 0 Å². The van der Waals surface area contributed by atoms with Gasteiger partial charge in [0.25, 0.3) is 0 Å². The highest BCUT2D eigenvalue weighted by Gasteiger charge is 2.37. The summed E-state index contributed by atoms with van der Waals surface area (Å²) >= 11 is 0. The number of hydrogen-bond acceptors (Lipinski definition) is 3. The normalized spacial score (nSPS) is 19.2. The van der Waals surface area contributed by atoms with Gasteiger partial charge in [-0.15, -0.1) is 0 Å². The van der Waals surface area contributed by atoms with Crippen molar-refractivity contribution in [3.63, 3.8) is 0 Å². The summed E-state index contributed by atoms with van der Waals surface area (Å²) in [6.45, 7) is 0.495. The first kappa shape index (κ1) is 20.2. The van der Waals surface area contributed by atoms with Crippen molar-refractivity contribution in [2.75, 3.05) is 13.7 Å². The van der Waals surface area contributed by atoms with Gasteiger partial charge in [0, 0.05) is 0 Å². The Kier molecular flexibility index (Phi) is 5.93. The summed E-state index contributed by atoms with van der Waals surface area (Å²) in [6.07, 6.45) is -2.43. The standard InChI is InChI=1S/C21H22F3NO3/c1-28-17-9-5-7-15(13-17)19(25-11-3-2-10-18(25)20(26)27)14-6-4-8-16(12-14)21(22,23)24/h4-9,12-13,18-19H,2-3,10-11H2,1H3,(H,26,27). The van der Waals surface area contributed by atoms with Crippen LogP contribution >= 0.6 is 0 Å². The Bertz CT molecular complexity index is 838. The number of carboxylic acid groups (broad SMARTS) is 1. The highest BCUT2D eigenvalue weighted by Crippen LogP contribution is 2.38. The predicted molar refractivity (Wildman–Crippen MR) is 98.3 cm³/mol. The minimum absolute atomic E-state index is 0.413. The van der Waals surface area contributed by atoms with Crippen LogP contribution in [0.25, 0.3) is 0 Å². The SMILES string of the molecule is COc1cccc(C(c2cccc(C(F)(F)F)c2)N2CCCCC2C(=O)O)c1. The van der Waals surface area contributed by atoms with Crippen LogP contribution in [0.3, 0.4) is 0 Å². The third kappa shape index (κ3) is 4.30. The lowest BCUT2D eigenvalue weighted by Gasteiger charge is -2.39. The fraction of sp³-hybridized carbons (Fsp3) is 0.381. The summed E-state index contributed by atoms with van der Waals surface area (Å²) in [4.78, 5) is 13.6. The summed E-state index contributed by atoms with van der Waals surface area (Å²) in [7, 11) is 1.51. The molecule has 4 nitrogen and oxygen atoms in total. The molecule has 2 aromatic rings. The van der Waals surface area contributed by atoms with E-state index in [1.807, 2.05) is 0 Å². The van der Waals surface area contributed by atoms with E-state index >= 15 is 0 Å². The Balaban J connectivity index is 2.13. The second kappa shape index (κ2) is 8.22. The van der Waals surface area contributed by atoms with Crippen molar-refractivity contribution in [3.05, 3.63) is 65.2 Å². The van der Waals surface area contributed by atoms with Crippen LogP contribution in [0, 0.1) is 0 Å². The number of aliphatic carboxylic acids is 1. The molecule has 28 heavy (non-hydrogen) atoms. The lowest BCUT2D eigenvalue weighted by molar-refractivity contribution is -0.145. The van der Waals surface area contributed by atoms with Crippen LogP contribution in [0.1, 0.15) is 42.0 Å². The van der Waals surface area contributed by atoms with Gasteiger partial charge in [0.05, 0.1) is 18.7 Å². The molecule has 150 valence electrons. The van der Waals surface area contributed by atoms with Crippen molar-refractivity contribution in [3.8, 4) is 5.75 Å². The first-order chi connectivity index (χ1) is 13.3. The van der Waals surface area contributed by atoms with Gasteiger partial charge in [0.1, 0.15) is 11.8 Å². The summed E-state index contributed by atoms with van der Waals surface area (Å²) in [5, 5.41) is 9.69. The minimum Gasteiger partial charge on any atom is -0.497 e. The molecule has 1 fully saturated rings. The third-order valence-electron chi connectivity index (χ3n) is 5.10. The van der Waals surface area contributed by atoms with E-state index < -0.39 is 29.8 Å². The zero-order valence-electron chi connectivity index (χ0n) is 15.4. The van der Waals surface area contributed by atoms with Gasteiger partial charge in [-0.2, -0.15) is 13.2 Å². The van der Waals surface area contributed by atoms with E-state index in [4.69, 9.17) is 4.74 Å². The zero-order chi connectivity index (χ0) is 20.3. The average molecular weight is 393 g/mol. The topological polar surface area (TPSA) is 49.8 Å². The van der Waals surface area contributed by atoms with Crippen LogP contribution in [0.2, 0.25) is 0 Å². The van der Waals surface area contributed by atoms with E-state index in [0.717, 1.165) is 25.0 Å². The van der Waals surface area contributed by atoms with Crippen LogP contribution < -0.4 is 4.74 Å². The number of piperidine rings is 1. The van der Waals surface area contributed by atoms with Crippen LogP contribution in [0.4, 0.5) is 13.2 Å². The Labute approximate surface area is 161 Å². The van der Waals surface area contributed by atoms with Gasteiger partial charge >= 0.3 is 12.1 Å². The van der Waals surface area contributed by atoms with Crippen molar-refractivity contribution in [2.24, 2.45) is 0 Å². The number of benzene rings is 2. The fourth-order valence-corrected chi connectivity index (χ4v) is 3.80. The van der Waals surface area contributed by atoms with Crippen LogP contribution in [-0.4, -0.2) is 35.7 Å². The molecule has 3 rings (SSSR count). The number of alkyl halides is 3. The summed E-state index contributed by atoms with van der Waals surface area (Å²) in [5.41, 5.74) is 0.366. The monoisotopic (exact) mass is 393 g/mol. The number of nitrogens with zero attached hydrogens (tertiary/aromatic N) is 1. The molecule has 1 N–H and O–H groups in total. The van der Waals surface area contributed by atoms with E-state index in [-0.39, 0.29) is 0 Å². The molecule has 0 aliphatic carbocycles. The van der Waals surface area contributed by atoms with Crippen LogP contribution in [0.15, 0.2) is 48.5 Å². The van der Waals surface area contributed by atoms with Crippen LogP contribution in [0.5, 0.6) is 5.75 Å². The van der Waals surface area contributed by atoms with Gasteiger partial charge in [-0.25, -0.2) is 0 Å². The molecule has 0 saturated carbocycles. The Morgan fingerprint density at radius 3 is 2.46 bits per heavy atom. The second-order valence-electron chi connectivity index (χ2n) is 6.89. The van der Waals surface area contributed by atoms with E-state index in [1.165, 1.54) is 13.2 Å². The Morgan fingerprint density at radius 2 is 1.82 bits per heavy atom. The summed E-state index contributed by atoms with van der Waals surface area (Å²) < 4.78 is 45.1. The molecule has 2 atom stereocenters. The quantitative estimate of drug-likeness (QED) is 0.797. The number of carboxylic acids is 1. The molecular formula is C21H22F3NO3. The van der Waals surface area contributed by atoms with Gasteiger partial charge in [0.15, 0.2) is 0 Å². The minimum atomic E-state index is -4.47. The molecule has 2 aromatic carbocycles. The summed E-state index contributed by atoms with van der Waals surface area (Å²) in [5.74, 6) is -0.391. The highest BCUT2D eigenvalue weighted by molar-refractivity contribution is 5.73. The molecule has 0 aromatic heterocycles. The molecule has 1 aliphatic heterocycles. The lowest BCUT2D eigenvalue weighted by Crippen LogP contribution is -2.46. The zero-order valence-corrected chi connectivity index (χ0v) is 15.4. The van der Waals surface area contributed by atoms with Gasteiger partial charge in [-0.3, -0.25) is 9.69 Å². The first-order valence-electron chi connectivity index (χ1n) is 9.11. The number of ether oxygens (including phenoxy) is 1. The van der Waals surface area contributed by atoms with E-state index in [0.29, 0.717) is 29.8 Å². The number of hydrogen-bond donors (Lipinski definition) is 1. The van der Waals surface area contributed by atoms with Crippen molar-refractivity contribution < 1.29 is 27.8 Å². The van der Waals surface area contributed by atoms with Crippen LogP contribution in [-0.2, 0) is 11.0 Å². The van der Waals surface area contributed by atoms with Gasteiger partial charge in [-0.05, 0) is 54.8 Å². The van der Waals surface area contributed by atoms with Crippen molar-refractivity contribution in [1.82, 2.24) is 4.90 Å². The fourth-order valence-electron chi connectivity index (χ4n) is 3.80. The molecule has 1 aliphatic rings. The average Bonchev–Trinajstić information content (AvgIpc) is 2.68. The predicted octanol–water partition coefficient (Wildman–Crippen LogP) is 4.74. The van der Waals surface area contributed by atoms with Gasteiger partial charge in [0.2, 0.25) is 0 Å². The number of carbonyl (C=O) groups is 1. The maximum Gasteiger partial charge on any atom is 0.416 e. The molecule has 1 saturated heterocycles.